The van der Waals surface area contributed by atoms with Gasteiger partial charge in [0.05, 0.1) is 18.7 Å². The predicted octanol–water partition coefficient (Wildman–Crippen LogP) is 3.73. The third kappa shape index (κ3) is 4.50. The van der Waals surface area contributed by atoms with Crippen LogP contribution in [0.4, 0.5) is 0 Å². The van der Waals surface area contributed by atoms with Crippen molar-refractivity contribution in [3.63, 3.8) is 0 Å². The number of halogens is 2. The Balaban J connectivity index is 2.08. The predicted molar refractivity (Wildman–Crippen MR) is 89.6 cm³/mol. The standard InChI is InChI=1S/C16H16Cl2N2O3/c1-3-23-12-6-4-10(8-13(12)22-2)9-19-16(21)15-11(17)5-7-14(18)20-15/h4-8H,3,9H2,1-2H3,(H,19,21). The number of ether oxygens (including phenoxy) is 2. The molecular weight excluding hydrogens is 339 g/mol. The number of pyridine rings is 1. The lowest BCUT2D eigenvalue weighted by molar-refractivity contribution is 0.0946. The number of benzene rings is 1. The van der Waals surface area contributed by atoms with Crippen molar-refractivity contribution < 1.29 is 14.3 Å². The van der Waals surface area contributed by atoms with Crippen LogP contribution in [0.2, 0.25) is 10.2 Å². The van der Waals surface area contributed by atoms with Crippen molar-refractivity contribution in [2.75, 3.05) is 13.7 Å². The van der Waals surface area contributed by atoms with E-state index >= 15 is 0 Å². The van der Waals surface area contributed by atoms with Gasteiger partial charge in [-0.05, 0) is 36.8 Å². The molecule has 0 aliphatic carbocycles. The van der Waals surface area contributed by atoms with Crippen molar-refractivity contribution in [3.05, 3.63) is 51.8 Å². The Morgan fingerprint density at radius 1 is 1.22 bits per heavy atom. The highest BCUT2D eigenvalue weighted by Crippen LogP contribution is 2.28. The summed E-state index contributed by atoms with van der Waals surface area (Å²) < 4.78 is 10.7. The summed E-state index contributed by atoms with van der Waals surface area (Å²) >= 11 is 11.7. The zero-order valence-electron chi connectivity index (χ0n) is 12.7. The van der Waals surface area contributed by atoms with Crippen LogP contribution in [0.1, 0.15) is 23.0 Å². The molecule has 0 fully saturated rings. The Morgan fingerprint density at radius 3 is 2.70 bits per heavy atom. The molecule has 7 heteroatoms. The highest BCUT2D eigenvalue weighted by molar-refractivity contribution is 6.34. The maximum atomic E-state index is 12.1. The summed E-state index contributed by atoms with van der Waals surface area (Å²) in [6.45, 7) is 2.74. The Labute approximate surface area is 144 Å². The number of rotatable bonds is 6. The summed E-state index contributed by atoms with van der Waals surface area (Å²) in [5.41, 5.74) is 0.953. The zero-order chi connectivity index (χ0) is 16.8. The van der Waals surface area contributed by atoms with Crippen LogP contribution in [-0.2, 0) is 6.54 Å². The number of nitrogens with one attached hydrogen (secondary N) is 1. The van der Waals surface area contributed by atoms with Crippen LogP contribution >= 0.6 is 23.2 Å². The fourth-order valence-electron chi connectivity index (χ4n) is 1.94. The number of methoxy groups -OCH3 is 1. The van der Waals surface area contributed by atoms with Crippen LogP contribution in [0, 0.1) is 0 Å². The molecule has 0 atom stereocenters. The molecule has 1 amide bonds. The first kappa shape index (κ1) is 17.4. The number of hydrogen-bond acceptors (Lipinski definition) is 4. The van der Waals surface area contributed by atoms with Crippen LogP contribution in [0.5, 0.6) is 11.5 Å². The van der Waals surface area contributed by atoms with E-state index in [0.717, 1.165) is 5.56 Å². The van der Waals surface area contributed by atoms with Crippen molar-refractivity contribution in [1.29, 1.82) is 0 Å². The quantitative estimate of drug-likeness (QED) is 0.803. The summed E-state index contributed by atoms with van der Waals surface area (Å²) in [6, 6.07) is 8.51. The highest BCUT2D eigenvalue weighted by atomic mass is 35.5. The second-order valence-corrected chi connectivity index (χ2v) is 5.36. The molecule has 0 saturated carbocycles. The maximum absolute atomic E-state index is 12.1. The molecule has 2 aromatic rings. The van der Waals surface area contributed by atoms with Gasteiger partial charge in [-0.25, -0.2) is 4.98 Å². The normalized spacial score (nSPS) is 10.3. The van der Waals surface area contributed by atoms with E-state index in [1.807, 2.05) is 13.0 Å². The van der Waals surface area contributed by atoms with E-state index in [9.17, 15) is 4.79 Å². The van der Waals surface area contributed by atoms with E-state index in [1.54, 1.807) is 19.2 Å². The van der Waals surface area contributed by atoms with Crippen LogP contribution < -0.4 is 14.8 Å². The third-order valence-corrected chi connectivity index (χ3v) is 3.52. The molecule has 2 rings (SSSR count). The van der Waals surface area contributed by atoms with Gasteiger partial charge in [-0.3, -0.25) is 4.79 Å². The van der Waals surface area contributed by atoms with Crippen molar-refractivity contribution in [2.45, 2.75) is 13.5 Å². The van der Waals surface area contributed by atoms with Gasteiger partial charge < -0.3 is 14.8 Å². The van der Waals surface area contributed by atoms with Crippen molar-refractivity contribution in [2.24, 2.45) is 0 Å². The molecule has 5 nitrogen and oxygen atoms in total. The highest BCUT2D eigenvalue weighted by Gasteiger charge is 2.13. The molecule has 0 spiro atoms. The zero-order valence-corrected chi connectivity index (χ0v) is 14.2. The van der Waals surface area contributed by atoms with E-state index in [4.69, 9.17) is 32.7 Å². The van der Waals surface area contributed by atoms with Crippen LogP contribution in [0.3, 0.4) is 0 Å². The number of nitrogens with zero attached hydrogens (tertiary/aromatic N) is 1. The van der Waals surface area contributed by atoms with E-state index in [0.29, 0.717) is 24.7 Å². The maximum Gasteiger partial charge on any atom is 0.271 e. The Morgan fingerprint density at radius 2 is 2.00 bits per heavy atom. The smallest absolute Gasteiger partial charge is 0.271 e. The number of hydrogen-bond donors (Lipinski definition) is 1. The topological polar surface area (TPSA) is 60.5 Å². The number of carbonyl (C=O) groups is 1. The number of carbonyl (C=O) groups excluding carboxylic acids is 1. The average molecular weight is 355 g/mol. The molecule has 122 valence electrons. The fraction of sp³-hybridized carbons (Fsp3) is 0.250. The number of aromatic nitrogens is 1. The summed E-state index contributed by atoms with van der Waals surface area (Å²) in [7, 11) is 1.57. The van der Waals surface area contributed by atoms with Crippen LogP contribution in [0.15, 0.2) is 30.3 Å². The molecule has 0 bridgehead atoms. The molecule has 1 heterocycles. The van der Waals surface area contributed by atoms with Gasteiger partial charge in [0, 0.05) is 6.54 Å². The van der Waals surface area contributed by atoms with Gasteiger partial charge in [0.1, 0.15) is 10.8 Å². The van der Waals surface area contributed by atoms with Gasteiger partial charge in [-0.2, -0.15) is 0 Å². The average Bonchev–Trinajstić information content (AvgIpc) is 2.56. The molecule has 1 aromatic carbocycles. The molecule has 0 unspecified atom stereocenters. The minimum absolute atomic E-state index is 0.0945. The largest absolute Gasteiger partial charge is 0.493 e. The SMILES string of the molecule is CCOc1ccc(CNC(=O)c2nc(Cl)ccc2Cl)cc1OC. The van der Waals surface area contributed by atoms with Gasteiger partial charge in [0.25, 0.3) is 5.91 Å². The molecule has 23 heavy (non-hydrogen) atoms. The molecule has 0 aliphatic rings. The lowest BCUT2D eigenvalue weighted by Crippen LogP contribution is -2.24. The van der Waals surface area contributed by atoms with E-state index in [2.05, 4.69) is 10.3 Å². The summed E-state index contributed by atoms with van der Waals surface area (Å²) in [5, 5.41) is 3.20. The van der Waals surface area contributed by atoms with Gasteiger partial charge in [0.2, 0.25) is 0 Å². The fourth-order valence-corrected chi connectivity index (χ4v) is 2.28. The molecule has 0 saturated heterocycles. The molecule has 0 aliphatic heterocycles. The van der Waals surface area contributed by atoms with Crippen molar-refractivity contribution in [3.8, 4) is 11.5 Å². The van der Waals surface area contributed by atoms with Crippen molar-refractivity contribution >= 4 is 29.1 Å². The summed E-state index contributed by atoms with van der Waals surface area (Å²) in [4.78, 5) is 16.1. The van der Waals surface area contributed by atoms with Crippen LogP contribution in [0.25, 0.3) is 0 Å². The van der Waals surface area contributed by atoms with Gasteiger partial charge in [-0.1, -0.05) is 29.3 Å². The minimum Gasteiger partial charge on any atom is -0.493 e. The first-order chi connectivity index (χ1) is 11.0. The first-order valence-corrected chi connectivity index (χ1v) is 7.70. The third-order valence-electron chi connectivity index (χ3n) is 3.01. The Hall–Kier alpha value is -1.98. The minimum atomic E-state index is -0.398. The molecule has 0 radical (unpaired) electrons. The second-order valence-electron chi connectivity index (χ2n) is 4.57. The second kappa shape index (κ2) is 8.04. The monoisotopic (exact) mass is 354 g/mol. The van der Waals surface area contributed by atoms with E-state index in [-0.39, 0.29) is 15.9 Å². The molecular formula is C16H16Cl2N2O3. The van der Waals surface area contributed by atoms with Crippen molar-refractivity contribution in [1.82, 2.24) is 10.3 Å². The lowest BCUT2D eigenvalue weighted by Gasteiger charge is -2.11. The molecule has 1 N–H and O–H groups in total. The van der Waals surface area contributed by atoms with E-state index in [1.165, 1.54) is 12.1 Å². The van der Waals surface area contributed by atoms with Gasteiger partial charge in [0.15, 0.2) is 11.5 Å². The molecule has 1 aromatic heterocycles. The Bertz CT molecular complexity index is 708. The van der Waals surface area contributed by atoms with Crippen LogP contribution in [-0.4, -0.2) is 24.6 Å². The van der Waals surface area contributed by atoms with E-state index < -0.39 is 5.91 Å². The number of amides is 1. The summed E-state index contributed by atoms with van der Waals surface area (Å²) in [5.74, 6) is 0.868. The first-order valence-electron chi connectivity index (χ1n) is 6.95. The van der Waals surface area contributed by atoms with Gasteiger partial charge >= 0.3 is 0 Å². The summed E-state index contributed by atoms with van der Waals surface area (Å²) in [6.07, 6.45) is 0. The lowest BCUT2D eigenvalue weighted by atomic mass is 10.2. The Kier molecular flexibility index (Phi) is 6.07. The van der Waals surface area contributed by atoms with Gasteiger partial charge in [-0.15, -0.1) is 0 Å².